The van der Waals surface area contributed by atoms with Crippen molar-refractivity contribution in [3.8, 4) is 0 Å². The molecule has 0 bridgehead atoms. The van der Waals surface area contributed by atoms with Crippen molar-refractivity contribution in [2.45, 2.75) is 109 Å². The molecule has 0 spiro atoms. The lowest BCUT2D eigenvalue weighted by Gasteiger charge is -2.62. The van der Waals surface area contributed by atoms with Crippen molar-refractivity contribution in [1.82, 2.24) is 0 Å². The highest BCUT2D eigenvalue weighted by Gasteiger charge is 2.72. The van der Waals surface area contributed by atoms with Crippen LogP contribution in [0.1, 0.15) is 79.1 Å². The van der Waals surface area contributed by atoms with Crippen molar-refractivity contribution in [2.24, 2.45) is 52.3 Å². The van der Waals surface area contributed by atoms with Crippen LogP contribution >= 0.6 is 0 Å². The summed E-state index contributed by atoms with van der Waals surface area (Å²) in [6.45, 7) is 9.78. The van der Waals surface area contributed by atoms with E-state index in [9.17, 15) is 15.3 Å². The molecule has 4 saturated carbocycles. The number of hydrogen-bond acceptors (Lipinski definition) is 5. The molecule has 3 N–H and O–H groups in total. The summed E-state index contributed by atoms with van der Waals surface area (Å²) >= 11 is 0. The monoisotopic (exact) mass is 448 g/mol. The summed E-state index contributed by atoms with van der Waals surface area (Å²) in [5.74, 6) is 1.55. The van der Waals surface area contributed by atoms with E-state index < -0.39 is 5.79 Å². The predicted octanol–water partition coefficient (Wildman–Crippen LogP) is 3.74. The van der Waals surface area contributed by atoms with Gasteiger partial charge in [-0.05, 0) is 86.4 Å². The molecule has 14 atom stereocenters. The molecule has 0 radical (unpaired) electrons. The van der Waals surface area contributed by atoms with Gasteiger partial charge in [0.1, 0.15) is 6.10 Å². The van der Waals surface area contributed by atoms with Crippen LogP contribution in [0.25, 0.3) is 0 Å². The summed E-state index contributed by atoms with van der Waals surface area (Å²) in [7, 11) is 0. The van der Waals surface area contributed by atoms with Crippen LogP contribution in [-0.2, 0) is 9.47 Å². The van der Waals surface area contributed by atoms with Crippen molar-refractivity contribution in [3.05, 3.63) is 0 Å². The molecule has 6 fully saturated rings. The van der Waals surface area contributed by atoms with E-state index >= 15 is 0 Å². The summed E-state index contributed by atoms with van der Waals surface area (Å²) in [6.07, 6.45) is 7.29. The molecule has 5 nitrogen and oxygen atoms in total. The molecular weight excluding hydrogens is 404 g/mol. The van der Waals surface area contributed by atoms with Gasteiger partial charge < -0.3 is 24.8 Å². The lowest BCUT2D eigenvalue weighted by Crippen LogP contribution is -2.59. The van der Waals surface area contributed by atoms with Gasteiger partial charge in [-0.2, -0.15) is 0 Å². The van der Waals surface area contributed by atoms with Gasteiger partial charge >= 0.3 is 0 Å². The van der Waals surface area contributed by atoms with Crippen LogP contribution in [0.3, 0.4) is 0 Å². The third kappa shape index (κ3) is 2.75. The molecule has 6 rings (SSSR count). The van der Waals surface area contributed by atoms with E-state index in [4.69, 9.17) is 9.47 Å². The summed E-state index contributed by atoms with van der Waals surface area (Å²) in [4.78, 5) is 0. The second-order valence-electron chi connectivity index (χ2n) is 13.3. The third-order valence-electron chi connectivity index (χ3n) is 12.0. The predicted molar refractivity (Wildman–Crippen MR) is 121 cm³/mol. The Hall–Kier alpha value is -0.200. The Morgan fingerprint density at radius 1 is 0.906 bits per heavy atom. The van der Waals surface area contributed by atoms with Gasteiger partial charge in [-0.3, -0.25) is 0 Å². The number of fused-ring (bicyclic) bond motifs is 7. The van der Waals surface area contributed by atoms with Crippen molar-refractivity contribution >= 4 is 0 Å². The Morgan fingerprint density at radius 3 is 2.41 bits per heavy atom. The molecule has 6 aliphatic rings. The van der Waals surface area contributed by atoms with E-state index in [0.29, 0.717) is 36.2 Å². The van der Waals surface area contributed by atoms with E-state index in [1.165, 1.54) is 12.8 Å². The van der Waals surface area contributed by atoms with Crippen LogP contribution in [0.15, 0.2) is 0 Å². The molecule has 2 heterocycles. The lowest BCUT2D eigenvalue weighted by molar-refractivity contribution is -0.269. The first-order valence-corrected chi connectivity index (χ1v) is 13.5. The minimum Gasteiger partial charge on any atom is -0.393 e. The van der Waals surface area contributed by atoms with Gasteiger partial charge in [0.15, 0.2) is 5.79 Å². The number of hydrogen-bond donors (Lipinski definition) is 3. The first-order chi connectivity index (χ1) is 15.1. The second kappa shape index (κ2) is 7.16. The first-order valence-electron chi connectivity index (χ1n) is 13.5. The molecule has 2 aliphatic heterocycles. The fraction of sp³-hybridized carbons (Fsp3) is 1.00. The molecule has 0 aromatic rings. The highest BCUT2D eigenvalue weighted by atomic mass is 16.7. The number of ether oxygens (including phenoxy) is 2. The Morgan fingerprint density at radius 2 is 1.69 bits per heavy atom. The Balaban J connectivity index is 1.29. The van der Waals surface area contributed by atoms with E-state index in [1.807, 2.05) is 0 Å². The maximum atomic E-state index is 11.8. The smallest absolute Gasteiger partial charge is 0.195 e. The van der Waals surface area contributed by atoms with Crippen LogP contribution in [-0.4, -0.2) is 52.1 Å². The zero-order valence-corrected chi connectivity index (χ0v) is 20.4. The van der Waals surface area contributed by atoms with Crippen molar-refractivity contribution in [3.63, 3.8) is 0 Å². The van der Waals surface area contributed by atoms with Gasteiger partial charge in [0.05, 0.1) is 18.3 Å². The summed E-state index contributed by atoms with van der Waals surface area (Å²) in [5.41, 5.74) is 0.0283. The second-order valence-corrected chi connectivity index (χ2v) is 13.3. The van der Waals surface area contributed by atoms with Crippen molar-refractivity contribution < 1.29 is 24.8 Å². The lowest BCUT2D eigenvalue weighted by atomic mass is 9.43. The van der Waals surface area contributed by atoms with Crippen LogP contribution < -0.4 is 0 Å². The SMILES string of the molecule is C[C@H]1CO[C@H]([C@@]2(O)O[C@H]3C[C@H]4[C@@H]5CC[C@H]6C[C@@H](O)CC[C@]6(C)[C@H]5C[C@@H](O)[C@]4(C)[C@H]3[C@@H]2C)C1. The van der Waals surface area contributed by atoms with Crippen LogP contribution in [0, 0.1) is 52.3 Å². The van der Waals surface area contributed by atoms with Gasteiger partial charge in [-0.25, -0.2) is 0 Å². The maximum absolute atomic E-state index is 11.8. The highest BCUT2D eigenvalue weighted by Crippen LogP contribution is 2.71. The average molecular weight is 449 g/mol. The van der Waals surface area contributed by atoms with Gasteiger partial charge in [-0.15, -0.1) is 0 Å². The fourth-order valence-corrected chi connectivity index (χ4v) is 10.3. The number of rotatable bonds is 1. The molecule has 32 heavy (non-hydrogen) atoms. The normalized spacial score (nSPS) is 64.0. The summed E-state index contributed by atoms with van der Waals surface area (Å²) in [6, 6.07) is 0. The molecule has 0 amide bonds. The molecule has 182 valence electrons. The van der Waals surface area contributed by atoms with Crippen molar-refractivity contribution in [2.75, 3.05) is 6.61 Å². The van der Waals surface area contributed by atoms with Crippen molar-refractivity contribution in [1.29, 1.82) is 0 Å². The zero-order chi connectivity index (χ0) is 22.6. The molecule has 0 aromatic heterocycles. The van der Waals surface area contributed by atoms with Gasteiger partial charge in [0.25, 0.3) is 0 Å². The molecule has 2 saturated heterocycles. The Kier molecular flexibility index (Phi) is 4.99. The van der Waals surface area contributed by atoms with Gasteiger partial charge in [0, 0.05) is 23.9 Å². The fourth-order valence-electron chi connectivity index (χ4n) is 10.3. The molecule has 0 unspecified atom stereocenters. The van der Waals surface area contributed by atoms with Gasteiger partial charge in [-0.1, -0.05) is 27.7 Å². The van der Waals surface area contributed by atoms with E-state index in [2.05, 4.69) is 27.7 Å². The van der Waals surface area contributed by atoms with Gasteiger partial charge in [0.2, 0.25) is 0 Å². The topological polar surface area (TPSA) is 79.2 Å². The quantitative estimate of drug-likeness (QED) is 0.570. The van der Waals surface area contributed by atoms with Crippen LogP contribution in [0.5, 0.6) is 0 Å². The Labute approximate surface area is 193 Å². The molecule has 5 heteroatoms. The van der Waals surface area contributed by atoms with Crippen LogP contribution in [0.2, 0.25) is 0 Å². The number of aliphatic hydroxyl groups is 3. The van der Waals surface area contributed by atoms with E-state index in [1.54, 1.807) is 0 Å². The minimum absolute atomic E-state index is 0.0108. The molecular formula is C27H44O5. The zero-order valence-electron chi connectivity index (χ0n) is 20.4. The largest absolute Gasteiger partial charge is 0.393 e. The van der Waals surface area contributed by atoms with E-state index in [0.717, 1.165) is 38.5 Å². The molecule has 4 aliphatic carbocycles. The number of aliphatic hydroxyl groups excluding tert-OH is 2. The summed E-state index contributed by atoms with van der Waals surface area (Å²) < 4.78 is 12.5. The Bertz CT molecular complexity index is 758. The highest BCUT2D eigenvalue weighted by molar-refractivity contribution is 5.18. The minimum atomic E-state index is -1.23. The average Bonchev–Trinajstić information content (AvgIpc) is 3.38. The standard InChI is InChI=1S/C27H44O5/c1-14-9-23(31-13-14)27(30)15(2)24-21(32-27)11-20-18-6-5-16-10-17(28)7-8-25(16,3)19(18)12-22(29)26(20,24)4/h14-24,28-30H,5-13H2,1-4H3/t14-,15+,16+,17+,18-,19+,20+,21+,22-,23+,24+,25+,26-,27+/m1/s1. The summed E-state index contributed by atoms with van der Waals surface area (Å²) in [5, 5.41) is 33.7. The molecule has 0 aromatic carbocycles. The maximum Gasteiger partial charge on any atom is 0.195 e. The third-order valence-corrected chi connectivity index (χ3v) is 12.0. The van der Waals surface area contributed by atoms with E-state index in [-0.39, 0.29) is 47.1 Å². The van der Waals surface area contributed by atoms with Crippen LogP contribution in [0.4, 0.5) is 0 Å². The first kappa shape index (κ1) is 22.3.